The molecule has 1 N–H and O–H groups in total. The fourth-order valence-electron chi connectivity index (χ4n) is 6.23. The molecule has 0 bridgehead atoms. The van der Waals surface area contributed by atoms with Gasteiger partial charge in [-0.1, -0.05) is 29.8 Å². The van der Waals surface area contributed by atoms with Gasteiger partial charge in [-0.25, -0.2) is 4.79 Å². The van der Waals surface area contributed by atoms with Crippen LogP contribution in [0.25, 0.3) is 0 Å². The van der Waals surface area contributed by atoms with Crippen LogP contribution in [0.1, 0.15) is 90.8 Å². The number of halogens is 1. The number of ether oxygens (including phenoxy) is 1. The maximum atomic E-state index is 13.7. The number of rotatable bonds is 3. The summed E-state index contributed by atoms with van der Waals surface area (Å²) < 4.78 is 5.56. The highest BCUT2D eigenvalue weighted by Gasteiger charge is 2.41. The van der Waals surface area contributed by atoms with Crippen LogP contribution in [0, 0.1) is 5.41 Å². The van der Waals surface area contributed by atoms with Gasteiger partial charge in [-0.05, 0) is 100 Å². The number of nitrogens with one attached hydrogen (secondary N) is 1. The van der Waals surface area contributed by atoms with Crippen LogP contribution in [0.4, 0.5) is 4.79 Å². The van der Waals surface area contributed by atoms with Crippen molar-refractivity contribution in [1.82, 2.24) is 15.1 Å². The van der Waals surface area contributed by atoms with Gasteiger partial charge in [-0.2, -0.15) is 0 Å². The number of hydrogen-bond acceptors (Lipinski definition) is 4. The lowest BCUT2D eigenvalue weighted by atomic mass is 9.72. The Hall–Kier alpha value is -3.06. The highest BCUT2D eigenvalue weighted by molar-refractivity contribution is 6.33. The molecule has 3 aliphatic rings. The molecule has 0 unspecified atom stereocenters. The maximum absolute atomic E-state index is 13.7. The van der Waals surface area contributed by atoms with Crippen molar-refractivity contribution in [3.8, 4) is 0 Å². The van der Waals surface area contributed by atoms with Gasteiger partial charge in [-0.3, -0.25) is 9.59 Å². The van der Waals surface area contributed by atoms with Gasteiger partial charge in [0.1, 0.15) is 5.60 Å². The predicted molar refractivity (Wildman–Crippen MR) is 151 cm³/mol. The molecule has 2 aromatic carbocycles. The molecule has 39 heavy (non-hydrogen) atoms. The van der Waals surface area contributed by atoms with E-state index in [1.54, 1.807) is 29.2 Å². The van der Waals surface area contributed by atoms with Crippen LogP contribution in [-0.2, 0) is 11.2 Å². The normalized spacial score (nSPS) is 20.5. The number of carbonyl (C=O) groups excluding carboxylic acids is 3. The minimum absolute atomic E-state index is 0.0363. The third-order valence-corrected chi connectivity index (χ3v) is 8.65. The number of likely N-dealkylation sites (tertiary alicyclic amines) is 2. The predicted octanol–water partition coefficient (Wildman–Crippen LogP) is 6.01. The molecule has 0 saturated carbocycles. The van der Waals surface area contributed by atoms with E-state index in [1.807, 2.05) is 43.9 Å². The first-order valence-electron chi connectivity index (χ1n) is 14.0. The van der Waals surface area contributed by atoms with Crippen molar-refractivity contribution >= 4 is 29.5 Å². The highest BCUT2D eigenvalue weighted by atomic mass is 35.5. The van der Waals surface area contributed by atoms with E-state index in [0.717, 1.165) is 50.6 Å². The van der Waals surface area contributed by atoms with Crippen LogP contribution in [0.5, 0.6) is 0 Å². The topological polar surface area (TPSA) is 79.0 Å². The Bertz CT molecular complexity index is 1260. The van der Waals surface area contributed by atoms with E-state index in [0.29, 0.717) is 35.8 Å². The summed E-state index contributed by atoms with van der Waals surface area (Å²) in [7, 11) is 0. The summed E-state index contributed by atoms with van der Waals surface area (Å²) in [4.78, 5) is 42.9. The zero-order valence-corrected chi connectivity index (χ0v) is 23.9. The molecule has 2 heterocycles. The average Bonchev–Trinajstić information content (AvgIpc) is 3.29. The van der Waals surface area contributed by atoms with E-state index in [2.05, 4.69) is 5.32 Å². The number of amides is 3. The summed E-state index contributed by atoms with van der Waals surface area (Å²) in [6.45, 7) is 8.40. The first-order valence-corrected chi connectivity index (χ1v) is 14.4. The number of carbonyl (C=O) groups is 3. The Kier molecular flexibility index (Phi) is 7.64. The second kappa shape index (κ2) is 10.8. The summed E-state index contributed by atoms with van der Waals surface area (Å²) in [5, 5.41) is 3.55. The van der Waals surface area contributed by atoms with Gasteiger partial charge in [0, 0.05) is 31.7 Å². The molecule has 8 heteroatoms. The van der Waals surface area contributed by atoms with Gasteiger partial charge >= 0.3 is 6.09 Å². The molecule has 1 atom stereocenters. The van der Waals surface area contributed by atoms with E-state index < -0.39 is 5.60 Å². The van der Waals surface area contributed by atoms with E-state index in [1.165, 1.54) is 5.56 Å². The van der Waals surface area contributed by atoms with Gasteiger partial charge in [0.25, 0.3) is 11.8 Å². The van der Waals surface area contributed by atoms with E-state index in [-0.39, 0.29) is 29.4 Å². The molecular weight excluding hydrogens is 514 g/mol. The number of nitrogens with zero attached hydrogens (tertiary/aromatic N) is 2. The Morgan fingerprint density at radius 1 is 1.00 bits per heavy atom. The zero-order chi connectivity index (χ0) is 27.8. The second-order valence-corrected chi connectivity index (χ2v) is 12.7. The van der Waals surface area contributed by atoms with Crippen molar-refractivity contribution in [2.45, 2.75) is 70.9 Å². The monoisotopic (exact) mass is 551 g/mol. The highest BCUT2D eigenvalue weighted by Crippen LogP contribution is 2.41. The van der Waals surface area contributed by atoms with Crippen LogP contribution in [-0.4, -0.2) is 59.5 Å². The van der Waals surface area contributed by atoms with E-state index in [9.17, 15) is 14.4 Å². The molecule has 1 aliphatic carbocycles. The molecule has 208 valence electrons. The largest absolute Gasteiger partial charge is 0.444 e. The molecule has 2 aromatic rings. The fourth-order valence-corrected chi connectivity index (χ4v) is 6.45. The molecule has 2 saturated heterocycles. The standard InChI is InChI=1S/C31H38ClN3O4/c1-30(2,3)39-29(38)34-17-14-31(15-18-34)13-6-16-35(20-31)28(37)22-10-9-21-11-12-26(24(21)19-22)33-27(36)23-7-4-5-8-25(23)32/h4-5,7-10,19,26H,6,11-18,20H2,1-3H3,(H,33,36)/t26-/m1/s1. The van der Waals surface area contributed by atoms with Crippen molar-refractivity contribution in [2.75, 3.05) is 26.2 Å². The lowest BCUT2D eigenvalue weighted by Gasteiger charge is -2.47. The van der Waals surface area contributed by atoms with E-state index >= 15 is 0 Å². The zero-order valence-electron chi connectivity index (χ0n) is 23.1. The Balaban J connectivity index is 1.24. The quantitative estimate of drug-likeness (QED) is 0.506. The van der Waals surface area contributed by atoms with Crippen LogP contribution in [0.15, 0.2) is 42.5 Å². The van der Waals surface area contributed by atoms with Crippen molar-refractivity contribution < 1.29 is 19.1 Å². The second-order valence-electron chi connectivity index (χ2n) is 12.3. The summed E-state index contributed by atoms with van der Waals surface area (Å²) in [6.07, 6.45) is 5.17. The first kappa shape index (κ1) is 27.5. The summed E-state index contributed by atoms with van der Waals surface area (Å²) in [5.41, 5.74) is 2.83. The van der Waals surface area contributed by atoms with Gasteiger partial charge in [0.15, 0.2) is 0 Å². The molecule has 7 nitrogen and oxygen atoms in total. The smallest absolute Gasteiger partial charge is 0.410 e. The minimum atomic E-state index is -0.507. The first-order chi connectivity index (χ1) is 18.5. The van der Waals surface area contributed by atoms with Crippen LogP contribution in [0.3, 0.4) is 0 Å². The minimum Gasteiger partial charge on any atom is -0.444 e. The molecule has 0 aromatic heterocycles. The van der Waals surface area contributed by atoms with Gasteiger partial charge in [0.2, 0.25) is 0 Å². The summed E-state index contributed by atoms with van der Waals surface area (Å²) >= 11 is 6.23. The lowest BCUT2D eigenvalue weighted by Crippen LogP contribution is -2.52. The third-order valence-electron chi connectivity index (χ3n) is 8.32. The summed E-state index contributed by atoms with van der Waals surface area (Å²) in [5.74, 6) is -0.166. The van der Waals surface area contributed by atoms with Gasteiger partial charge < -0.3 is 19.9 Å². The number of hydrogen-bond donors (Lipinski definition) is 1. The van der Waals surface area contributed by atoms with Crippen molar-refractivity contribution in [3.05, 3.63) is 69.7 Å². The number of fused-ring (bicyclic) bond motifs is 1. The van der Waals surface area contributed by atoms with Crippen molar-refractivity contribution in [3.63, 3.8) is 0 Å². The van der Waals surface area contributed by atoms with Crippen molar-refractivity contribution in [1.29, 1.82) is 0 Å². The number of piperidine rings is 2. The van der Waals surface area contributed by atoms with E-state index in [4.69, 9.17) is 16.3 Å². The molecule has 2 fully saturated rings. The summed E-state index contributed by atoms with van der Waals surface area (Å²) in [6, 6.07) is 12.8. The van der Waals surface area contributed by atoms with Gasteiger partial charge in [-0.15, -0.1) is 0 Å². The Morgan fingerprint density at radius 3 is 2.46 bits per heavy atom. The molecule has 3 amide bonds. The van der Waals surface area contributed by atoms with Crippen LogP contribution < -0.4 is 5.32 Å². The average molecular weight is 552 g/mol. The molecular formula is C31H38ClN3O4. The van der Waals surface area contributed by atoms with Gasteiger partial charge in [0.05, 0.1) is 16.6 Å². The van der Waals surface area contributed by atoms with Crippen LogP contribution in [0.2, 0.25) is 5.02 Å². The molecule has 1 spiro atoms. The lowest BCUT2D eigenvalue weighted by molar-refractivity contribution is -0.00498. The Morgan fingerprint density at radius 2 is 1.74 bits per heavy atom. The maximum Gasteiger partial charge on any atom is 0.410 e. The molecule has 2 aliphatic heterocycles. The Labute approximate surface area is 235 Å². The van der Waals surface area contributed by atoms with Crippen molar-refractivity contribution in [2.24, 2.45) is 5.41 Å². The van der Waals surface area contributed by atoms with Crippen LogP contribution >= 0.6 is 11.6 Å². The SMILES string of the molecule is CC(C)(C)OC(=O)N1CCC2(CCCN(C(=O)c3ccc4c(c3)[C@H](NC(=O)c3ccccc3Cl)CC4)C2)CC1. The fraction of sp³-hybridized carbons (Fsp3) is 0.516. The molecule has 5 rings (SSSR count). The third kappa shape index (κ3) is 6.08. The number of benzene rings is 2. The molecule has 0 radical (unpaired) electrons. The number of aryl methyl sites for hydroxylation is 1.